The van der Waals surface area contributed by atoms with Crippen LogP contribution >= 0.6 is 0 Å². The first-order valence-corrected chi connectivity index (χ1v) is 6.67. The third kappa shape index (κ3) is 6.42. The number of aryl methyl sites for hydroxylation is 1. The Kier molecular flexibility index (Phi) is 6.87. The second kappa shape index (κ2) is 8.24. The molecule has 0 radical (unpaired) electrons. The van der Waals surface area contributed by atoms with E-state index in [0.717, 1.165) is 25.4 Å². The summed E-state index contributed by atoms with van der Waals surface area (Å²) in [7, 11) is 0. The molecule has 0 aromatic heterocycles. The molecule has 1 unspecified atom stereocenters. The molecule has 0 aliphatic heterocycles. The van der Waals surface area contributed by atoms with E-state index in [0.29, 0.717) is 0 Å². The van der Waals surface area contributed by atoms with Crippen molar-refractivity contribution in [1.82, 2.24) is 5.32 Å². The summed E-state index contributed by atoms with van der Waals surface area (Å²) in [5.74, 6) is 0.579. The van der Waals surface area contributed by atoms with Gasteiger partial charge in [0.15, 0.2) is 0 Å². The van der Waals surface area contributed by atoms with E-state index in [1.807, 2.05) is 12.1 Å². The van der Waals surface area contributed by atoms with E-state index in [9.17, 15) is 4.39 Å². The van der Waals surface area contributed by atoms with Crippen molar-refractivity contribution in [2.45, 2.75) is 39.5 Å². The maximum Gasteiger partial charge on any atom is 0.123 e. The Hall–Kier alpha value is -0.890. The molecule has 1 atom stereocenters. The molecule has 0 fully saturated rings. The Balaban J connectivity index is 2.14. The van der Waals surface area contributed by atoms with Crippen LogP contribution in [0.3, 0.4) is 0 Å². The topological polar surface area (TPSA) is 12.0 Å². The van der Waals surface area contributed by atoms with Crippen LogP contribution in [0.4, 0.5) is 4.39 Å². The summed E-state index contributed by atoms with van der Waals surface area (Å²) in [5.41, 5.74) is 1.24. The standard InChI is InChI=1S/C15H24FN/c1-3-11-17-12-10-13(2)4-5-14-6-8-15(16)9-7-14/h6-9,13,17H,3-5,10-12H2,1-2H3. The van der Waals surface area contributed by atoms with Crippen LogP contribution in [-0.4, -0.2) is 13.1 Å². The van der Waals surface area contributed by atoms with Crippen molar-refractivity contribution in [3.63, 3.8) is 0 Å². The third-order valence-electron chi connectivity index (χ3n) is 3.08. The van der Waals surface area contributed by atoms with Gasteiger partial charge in [-0.25, -0.2) is 4.39 Å². The first kappa shape index (κ1) is 14.2. The van der Waals surface area contributed by atoms with Crippen LogP contribution in [-0.2, 0) is 6.42 Å². The van der Waals surface area contributed by atoms with Crippen LogP contribution in [0.2, 0.25) is 0 Å². The van der Waals surface area contributed by atoms with Crippen LogP contribution in [0, 0.1) is 11.7 Å². The Morgan fingerprint density at radius 3 is 2.47 bits per heavy atom. The van der Waals surface area contributed by atoms with Gasteiger partial charge in [0, 0.05) is 0 Å². The van der Waals surface area contributed by atoms with Crippen molar-refractivity contribution in [2.75, 3.05) is 13.1 Å². The van der Waals surface area contributed by atoms with Crippen LogP contribution < -0.4 is 5.32 Å². The van der Waals surface area contributed by atoms with Crippen molar-refractivity contribution >= 4 is 0 Å². The predicted molar refractivity (Wildman–Crippen MR) is 71.7 cm³/mol. The summed E-state index contributed by atoms with van der Waals surface area (Å²) >= 11 is 0. The fourth-order valence-electron chi connectivity index (χ4n) is 1.86. The average molecular weight is 237 g/mol. The molecule has 17 heavy (non-hydrogen) atoms. The lowest BCUT2D eigenvalue weighted by molar-refractivity contribution is 0.470. The van der Waals surface area contributed by atoms with E-state index in [-0.39, 0.29) is 5.82 Å². The van der Waals surface area contributed by atoms with Crippen LogP contribution in [0.1, 0.15) is 38.7 Å². The molecule has 1 aromatic rings. The summed E-state index contributed by atoms with van der Waals surface area (Å²) in [6, 6.07) is 6.86. The van der Waals surface area contributed by atoms with E-state index in [2.05, 4.69) is 19.2 Å². The number of rotatable bonds is 8. The molecule has 0 saturated heterocycles. The molecule has 1 nitrogen and oxygen atoms in total. The van der Waals surface area contributed by atoms with Gasteiger partial charge in [0.2, 0.25) is 0 Å². The average Bonchev–Trinajstić information content (AvgIpc) is 2.34. The lowest BCUT2D eigenvalue weighted by Crippen LogP contribution is -2.18. The molecule has 0 saturated carbocycles. The lowest BCUT2D eigenvalue weighted by atomic mass is 9.98. The highest BCUT2D eigenvalue weighted by Crippen LogP contribution is 2.12. The van der Waals surface area contributed by atoms with Crippen molar-refractivity contribution in [3.05, 3.63) is 35.6 Å². The smallest absolute Gasteiger partial charge is 0.123 e. The fraction of sp³-hybridized carbons (Fsp3) is 0.600. The highest BCUT2D eigenvalue weighted by Gasteiger charge is 2.02. The Morgan fingerprint density at radius 2 is 1.82 bits per heavy atom. The lowest BCUT2D eigenvalue weighted by Gasteiger charge is -2.11. The molecule has 1 rings (SSSR count). The van der Waals surface area contributed by atoms with Gasteiger partial charge in [-0.1, -0.05) is 26.0 Å². The number of hydrogen-bond donors (Lipinski definition) is 1. The van der Waals surface area contributed by atoms with E-state index in [4.69, 9.17) is 0 Å². The maximum atomic E-state index is 12.7. The van der Waals surface area contributed by atoms with Crippen LogP contribution in [0.25, 0.3) is 0 Å². The SMILES string of the molecule is CCCNCCC(C)CCc1ccc(F)cc1. The summed E-state index contributed by atoms with van der Waals surface area (Å²) in [6.07, 6.45) is 4.65. The zero-order valence-electron chi connectivity index (χ0n) is 11.0. The van der Waals surface area contributed by atoms with Gasteiger partial charge in [-0.2, -0.15) is 0 Å². The summed E-state index contributed by atoms with van der Waals surface area (Å²) in [4.78, 5) is 0. The number of nitrogens with one attached hydrogen (secondary N) is 1. The zero-order chi connectivity index (χ0) is 12.5. The zero-order valence-corrected chi connectivity index (χ0v) is 11.0. The molecule has 0 bridgehead atoms. The minimum Gasteiger partial charge on any atom is -0.317 e. The number of hydrogen-bond acceptors (Lipinski definition) is 1. The highest BCUT2D eigenvalue weighted by atomic mass is 19.1. The maximum absolute atomic E-state index is 12.7. The summed E-state index contributed by atoms with van der Waals surface area (Å²) in [5, 5.41) is 3.42. The Bertz CT molecular complexity index is 294. The molecular weight excluding hydrogens is 213 g/mol. The molecule has 2 heteroatoms. The minimum absolute atomic E-state index is 0.148. The van der Waals surface area contributed by atoms with Crippen molar-refractivity contribution in [3.8, 4) is 0 Å². The van der Waals surface area contributed by atoms with Crippen LogP contribution in [0.5, 0.6) is 0 Å². The van der Waals surface area contributed by atoms with Gasteiger partial charge in [-0.3, -0.25) is 0 Å². The Morgan fingerprint density at radius 1 is 1.12 bits per heavy atom. The molecule has 1 aromatic carbocycles. The van der Waals surface area contributed by atoms with Gasteiger partial charge in [0.25, 0.3) is 0 Å². The molecule has 1 N–H and O–H groups in total. The summed E-state index contributed by atoms with van der Waals surface area (Å²) in [6.45, 7) is 6.70. The second-order valence-electron chi connectivity index (χ2n) is 4.81. The van der Waals surface area contributed by atoms with E-state index in [1.54, 1.807) is 12.1 Å². The van der Waals surface area contributed by atoms with E-state index in [1.165, 1.54) is 24.8 Å². The van der Waals surface area contributed by atoms with Gasteiger partial charge in [0.05, 0.1) is 0 Å². The van der Waals surface area contributed by atoms with Gasteiger partial charge in [-0.05, 0) is 62.4 Å². The molecular formula is C15H24FN. The van der Waals surface area contributed by atoms with Crippen LogP contribution in [0.15, 0.2) is 24.3 Å². The van der Waals surface area contributed by atoms with E-state index >= 15 is 0 Å². The quantitative estimate of drug-likeness (QED) is 0.678. The van der Waals surface area contributed by atoms with Crippen molar-refractivity contribution in [1.29, 1.82) is 0 Å². The van der Waals surface area contributed by atoms with Gasteiger partial charge in [-0.15, -0.1) is 0 Å². The largest absolute Gasteiger partial charge is 0.317 e. The van der Waals surface area contributed by atoms with Gasteiger partial charge < -0.3 is 5.32 Å². The van der Waals surface area contributed by atoms with Crippen molar-refractivity contribution < 1.29 is 4.39 Å². The normalized spacial score (nSPS) is 12.6. The molecule has 0 amide bonds. The monoisotopic (exact) mass is 237 g/mol. The van der Waals surface area contributed by atoms with Gasteiger partial charge in [0.1, 0.15) is 5.82 Å². The third-order valence-corrected chi connectivity index (χ3v) is 3.08. The molecule has 0 spiro atoms. The van der Waals surface area contributed by atoms with Gasteiger partial charge >= 0.3 is 0 Å². The highest BCUT2D eigenvalue weighted by molar-refractivity contribution is 5.16. The number of halogens is 1. The first-order chi connectivity index (χ1) is 8.22. The fourth-order valence-corrected chi connectivity index (χ4v) is 1.86. The Labute approximate surface area is 104 Å². The first-order valence-electron chi connectivity index (χ1n) is 6.67. The summed E-state index contributed by atoms with van der Waals surface area (Å²) < 4.78 is 12.7. The molecule has 96 valence electrons. The predicted octanol–water partition coefficient (Wildman–Crippen LogP) is 3.78. The number of benzene rings is 1. The van der Waals surface area contributed by atoms with Crippen molar-refractivity contribution in [2.24, 2.45) is 5.92 Å². The molecule has 0 aliphatic carbocycles. The second-order valence-corrected chi connectivity index (χ2v) is 4.81. The van der Waals surface area contributed by atoms with E-state index < -0.39 is 0 Å². The minimum atomic E-state index is -0.148. The molecule has 0 heterocycles. The molecule has 0 aliphatic rings.